The van der Waals surface area contributed by atoms with E-state index in [4.69, 9.17) is 16.7 Å². The lowest BCUT2D eigenvalue weighted by Gasteiger charge is -2.05. The van der Waals surface area contributed by atoms with E-state index >= 15 is 0 Å². The average Bonchev–Trinajstić information content (AvgIpc) is 2.33. The fraction of sp³-hybridized carbons (Fsp3) is 0. The van der Waals surface area contributed by atoms with E-state index in [-0.39, 0.29) is 10.6 Å². The number of hydrogen-bond acceptors (Lipinski definition) is 3. The molecule has 1 aromatic carbocycles. The van der Waals surface area contributed by atoms with Gasteiger partial charge in [-0.25, -0.2) is 9.78 Å². The van der Waals surface area contributed by atoms with Crippen molar-refractivity contribution in [3.05, 3.63) is 53.2 Å². The fourth-order valence-electron chi connectivity index (χ4n) is 1.26. The molecule has 86 valence electrons. The zero-order chi connectivity index (χ0) is 12.3. The predicted octanol–water partition coefficient (Wildman–Crippen LogP) is 3.58. The molecule has 1 heterocycles. The third-order valence-electron chi connectivity index (χ3n) is 2.05. The van der Waals surface area contributed by atoms with Crippen molar-refractivity contribution in [2.24, 2.45) is 0 Å². The van der Waals surface area contributed by atoms with E-state index in [2.05, 4.69) is 4.98 Å². The maximum atomic E-state index is 10.9. The lowest BCUT2D eigenvalue weighted by Crippen LogP contribution is -1.99. The summed E-state index contributed by atoms with van der Waals surface area (Å²) in [6, 6.07) is 10.9. The third kappa shape index (κ3) is 2.78. The van der Waals surface area contributed by atoms with E-state index in [1.807, 2.05) is 30.3 Å². The van der Waals surface area contributed by atoms with Crippen LogP contribution in [0.3, 0.4) is 0 Å². The maximum absolute atomic E-state index is 10.9. The van der Waals surface area contributed by atoms with Crippen molar-refractivity contribution in [2.75, 3.05) is 0 Å². The largest absolute Gasteiger partial charge is 0.478 e. The number of carbonyl (C=O) groups is 1. The smallest absolute Gasteiger partial charge is 0.337 e. The van der Waals surface area contributed by atoms with Crippen molar-refractivity contribution >= 4 is 29.3 Å². The van der Waals surface area contributed by atoms with E-state index in [1.54, 1.807) is 0 Å². The molecule has 2 aromatic rings. The zero-order valence-electron chi connectivity index (χ0n) is 8.63. The number of nitrogens with zero attached hydrogens (tertiary/aromatic N) is 1. The summed E-state index contributed by atoms with van der Waals surface area (Å²) in [7, 11) is 0. The first-order valence-corrected chi connectivity index (χ1v) is 5.98. The van der Waals surface area contributed by atoms with Gasteiger partial charge in [0.1, 0.15) is 5.03 Å². The zero-order valence-corrected chi connectivity index (χ0v) is 10.2. The molecule has 0 unspecified atom stereocenters. The molecule has 17 heavy (non-hydrogen) atoms. The van der Waals surface area contributed by atoms with E-state index < -0.39 is 5.97 Å². The molecule has 0 amide bonds. The van der Waals surface area contributed by atoms with Crippen molar-refractivity contribution < 1.29 is 9.90 Å². The highest BCUT2D eigenvalue weighted by Crippen LogP contribution is 2.32. The molecule has 0 fully saturated rings. The van der Waals surface area contributed by atoms with Crippen LogP contribution in [0.2, 0.25) is 5.02 Å². The first kappa shape index (κ1) is 12.0. The summed E-state index contributed by atoms with van der Waals surface area (Å²) >= 11 is 7.33. The number of pyridine rings is 1. The Labute approximate surface area is 107 Å². The van der Waals surface area contributed by atoms with Gasteiger partial charge in [-0.05, 0) is 18.2 Å². The molecule has 5 heteroatoms. The van der Waals surface area contributed by atoms with Gasteiger partial charge in [-0.2, -0.15) is 0 Å². The lowest BCUT2D eigenvalue weighted by atomic mass is 10.3. The van der Waals surface area contributed by atoms with Gasteiger partial charge in [-0.1, -0.05) is 41.6 Å². The van der Waals surface area contributed by atoms with Gasteiger partial charge in [0, 0.05) is 11.1 Å². The fourth-order valence-corrected chi connectivity index (χ4v) is 2.40. The Hall–Kier alpha value is -1.52. The molecule has 0 saturated carbocycles. The minimum absolute atomic E-state index is 0.0695. The van der Waals surface area contributed by atoms with Crippen LogP contribution in [0.1, 0.15) is 10.4 Å². The standard InChI is InChI=1S/C12H8ClNO2S/c13-10-9(12(15)16)6-7-14-11(10)17-8-4-2-1-3-5-8/h1-7H,(H,15,16). The highest BCUT2D eigenvalue weighted by Gasteiger charge is 2.13. The average molecular weight is 266 g/mol. The number of carboxylic acids is 1. The van der Waals surface area contributed by atoms with Crippen molar-refractivity contribution in [1.29, 1.82) is 0 Å². The number of rotatable bonds is 3. The molecule has 3 nitrogen and oxygen atoms in total. The summed E-state index contributed by atoms with van der Waals surface area (Å²) in [4.78, 5) is 16.0. The molecular weight excluding hydrogens is 258 g/mol. The van der Waals surface area contributed by atoms with Crippen LogP contribution in [0.25, 0.3) is 0 Å². The number of halogens is 1. The SMILES string of the molecule is O=C(O)c1ccnc(Sc2ccccc2)c1Cl. The van der Waals surface area contributed by atoms with Gasteiger partial charge >= 0.3 is 5.97 Å². The first-order valence-electron chi connectivity index (χ1n) is 4.79. The highest BCUT2D eigenvalue weighted by atomic mass is 35.5. The molecule has 0 aliphatic carbocycles. The quantitative estimate of drug-likeness (QED) is 0.921. The van der Waals surface area contributed by atoms with Crippen LogP contribution < -0.4 is 0 Å². The van der Waals surface area contributed by atoms with Gasteiger partial charge in [0.2, 0.25) is 0 Å². The summed E-state index contributed by atoms with van der Waals surface area (Å²) < 4.78 is 0. The van der Waals surface area contributed by atoms with Gasteiger partial charge in [-0.15, -0.1) is 0 Å². The van der Waals surface area contributed by atoms with E-state index in [9.17, 15) is 4.79 Å². The topological polar surface area (TPSA) is 50.2 Å². The molecule has 0 aliphatic rings. The highest BCUT2D eigenvalue weighted by molar-refractivity contribution is 7.99. The van der Waals surface area contributed by atoms with Crippen molar-refractivity contribution in [3.63, 3.8) is 0 Å². The summed E-state index contributed by atoms with van der Waals surface area (Å²) in [6.07, 6.45) is 1.45. The summed E-state index contributed by atoms with van der Waals surface area (Å²) in [5, 5.41) is 9.61. The van der Waals surface area contributed by atoms with Crippen molar-refractivity contribution in [2.45, 2.75) is 9.92 Å². The second-order valence-electron chi connectivity index (χ2n) is 3.20. The Kier molecular flexibility index (Phi) is 3.66. The molecule has 2 rings (SSSR count). The maximum Gasteiger partial charge on any atom is 0.337 e. The first-order chi connectivity index (χ1) is 8.18. The van der Waals surface area contributed by atoms with E-state index in [0.717, 1.165) is 4.90 Å². The summed E-state index contributed by atoms with van der Waals surface area (Å²) in [5.74, 6) is -1.05. The molecule has 0 spiro atoms. The molecule has 1 aromatic heterocycles. The molecule has 0 aliphatic heterocycles. The van der Waals surface area contributed by atoms with Gasteiger partial charge in [-0.3, -0.25) is 0 Å². The number of aromatic nitrogens is 1. The predicted molar refractivity (Wildman–Crippen MR) is 66.8 cm³/mol. The Morgan fingerprint density at radius 1 is 1.24 bits per heavy atom. The Morgan fingerprint density at radius 3 is 2.59 bits per heavy atom. The van der Waals surface area contributed by atoms with Crippen molar-refractivity contribution in [1.82, 2.24) is 4.98 Å². The van der Waals surface area contributed by atoms with Crippen LogP contribution in [-0.4, -0.2) is 16.1 Å². The van der Waals surface area contributed by atoms with Crippen LogP contribution in [-0.2, 0) is 0 Å². The second-order valence-corrected chi connectivity index (χ2v) is 4.64. The number of carboxylic acid groups (broad SMARTS) is 1. The Bertz CT molecular complexity index is 545. The number of aromatic carboxylic acids is 1. The molecule has 0 atom stereocenters. The number of hydrogen-bond donors (Lipinski definition) is 1. The third-order valence-corrected chi connectivity index (χ3v) is 3.55. The molecule has 0 saturated heterocycles. The van der Waals surface area contributed by atoms with Crippen LogP contribution in [0.5, 0.6) is 0 Å². The van der Waals surface area contributed by atoms with Crippen LogP contribution >= 0.6 is 23.4 Å². The van der Waals surface area contributed by atoms with E-state index in [1.165, 1.54) is 24.0 Å². The molecule has 0 bridgehead atoms. The van der Waals surface area contributed by atoms with Crippen LogP contribution in [0, 0.1) is 0 Å². The second kappa shape index (κ2) is 5.21. The lowest BCUT2D eigenvalue weighted by molar-refractivity contribution is 0.0696. The minimum atomic E-state index is -1.05. The van der Waals surface area contributed by atoms with Gasteiger partial charge in [0.15, 0.2) is 0 Å². The normalized spacial score (nSPS) is 10.2. The Morgan fingerprint density at radius 2 is 1.94 bits per heavy atom. The van der Waals surface area contributed by atoms with Crippen molar-refractivity contribution in [3.8, 4) is 0 Å². The molecule has 0 radical (unpaired) electrons. The Balaban J connectivity index is 2.34. The van der Waals surface area contributed by atoms with Gasteiger partial charge in [0.05, 0.1) is 10.6 Å². The van der Waals surface area contributed by atoms with E-state index in [0.29, 0.717) is 5.03 Å². The van der Waals surface area contributed by atoms with Gasteiger partial charge < -0.3 is 5.11 Å². The monoisotopic (exact) mass is 265 g/mol. The van der Waals surface area contributed by atoms with Gasteiger partial charge in [0.25, 0.3) is 0 Å². The van der Waals surface area contributed by atoms with Crippen LogP contribution in [0.15, 0.2) is 52.5 Å². The molecular formula is C12H8ClNO2S. The molecule has 1 N–H and O–H groups in total. The van der Waals surface area contributed by atoms with Crippen LogP contribution in [0.4, 0.5) is 0 Å². The summed E-state index contributed by atoms with van der Waals surface area (Å²) in [6.45, 7) is 0. The minimum Gasteiger partial charge on any atom is -0.478 e. The summed E-state index contributed by atoms with van der Waals surface area (Å²) in [5.41, 5.74) is 0.0695. The number of benzene rings is 1.